The van der Waals surface area contributed by atoms with Crippen LogP contribution in [0.25, 0.3) is 0 Å². The Hall–Kier alpha value is 1.15. The van der Waals surface area contributed by atoms with E-state index in [2.05, 4.69) is 43.5 Å². The van der Waals surface area contributed by atoms with E-state index in [9.17, 15) is 0 Å². The predicted molar refractivity (Wildman–Crippen MR) is 110 cm³/mol. The molecule has 2 radical (unpaired) electrons. The van der Waals surface area contributed by atoms with Gasteiger partial charge in [0, 0.05) is 0 Å². The van der Waals surface area contributed by atoms with Gasteiger partial charge in [0.1, 0.15) is 0 Å². The van der Waals surface area contributed by atoms with Crippen LogP contribution in [0.4, 0.5) is 5.69 Å². The minimum atomic E-state index is -2.29. The molecular formula is C16H31Cl2NP2W. The quantitative estimate of drug-likeness (QED) is 0.335. The van der Waals surface area contributed by atoms with Crippen LogP contribution in [0.3, 0.4) is 0 Å². The molecule has 0 amide bonds. The Morgan fingerprint density at radius 1 is 0.818 bits per heavy atom. The average Bonchev–Trinajstić information content (AvgIpc) is 2.38. The van der Waals surface area contributed by atoms with Crippen LogP contribution < -0.4 is 0 Å². The van der Waals surface area contributed by atoms with E-state index in [1.807, 2.05) is 57.0 Å². The van der Waals surface area contributed by atoms with Crippen LogP contribution in [-0.2, 0) is 15.0 Å². The van der Waals surface area contributed by atoms with Crippen molar-refractivity contribution in [3.05, 3.63) is 43.2 Å². The molecule has 0 heterocycles. The number of hydrogen-bond acceptors (Lipinski definition) is 1. The molecule has 0 N–H and O–H groups in total. The fraction of sp³-hybridized carbons (Fsp3) is 0.500. The van der Waals surface area contributed by atoms with Crippen molar-refractivity contribution >= 4 is 40.4 Å². The first-order valence-electron chi connectivity index (χ1n) is 6.80. The molecule has 1 aromatic rings. The molecule has 1 aromatic carbocycles. The maximum absolute atomic E-state index is 5.61. The van der Waals surface area contributed by atoms with Gasteiger partial charge in [0.2, 0.25) is 0 Å². The van der Waals surface area contributed by atoms with Crippen LogP contribution in [0.5, 0.6) is 0 Å². The number of benzene rings is 1. The van der Waals surface area contributed by atoms with Crippen LogP contribution >= 0.6 is 34.7 Å². The van der Waals surface area contributed by atoms with Crippen molar-refractivity contribution in [2.24, 2.45) is 3.50 Å². The zero-order chi connectivity index (χ0) is 18.0. The van der Waals surface area contributed by atoms with Gasteiger partial charge in [-0.2, -0.15) is 0 Å². The average molecular weight is 554 g/mol. The third kappa shape index (κ3) is 42.9. The Balaban J connectivity index is -0.000000253. The van der Waals surface area contributed by atoms with Gasteiger partial charge in [0.05, 0.1) is 0 Å². The molecule has 0 aliphatic heterocycles. The van der Waals surface area contributed by atoms with E-state index in [4.69, 9.17) is 18.8 Å². The number of hydrogen-bond donors (Lipinski definition) is 0. The summed E-state index contributed by atoms with van der Waals surface area (Å²) in [6.45, 7) is 17.4. The second kappa shape index (κ2) is 22.1. The summed E-state index contributed by atoms with van der Waals surface area (Å²) in [7, 11) is 12.0. The standard InChI is InChI=1S/C6H5N.C4H8.2C3H9P.2ClH.W/c7-6-4-2-1-3-5-6;1-3-4-2;2*1-4(2)3;;;/h1-5H;3-4H,1-2H3;2*1-3H3;2*1H;/q;;;;;;+2/p-2. The van der Waals surface area contributed by atoms with E-state index < -0.39 is 15.0 Å². The van der Waals surface area contributed by atoms with Gasteiger partial charge >= 0.3 is 73.4 Å². The summed E-state index contributed by atoms with van der Waals surface area (Å²) in [5.74, 6) is 0. The molecule has 0 bridgehead atoms. The maximum atomic E-state index is 5.61. The monoisotopic (exact) mass is 553 g/mol. The second-order valence-corrected chi connectivity index (χ2v) is 18.5. The van der Waals surface area contributed by atoms with Crippen LogP contribution in [0.2, 0.25) is 0 Å². The van der Waals surface area contributed by atoms with Crippen molar-refractivity contribution < 1.29 is 15.0 Å². The van der Waals surface area contributed by atoms with Gasteiger partial charge in [0.15, 0.2) is 0 Å². The molecule has 1 nitrogen and oxygen atoms in total. The van der Waals surface area contributed by atoms with Crippen LogP contribution in [0.15, 0.2) is 33.8 Å². The molecule has 0 aromatic heterocycles. The summed E-state index contributed by atoms with van der Waals surface area (Å²) < 4.78 is 4.08. The van der Waals surface area contributed by atoms with Crippen molar-refractivity contribution in [1.82, 2.24) is 0 Å². The molecule has 0 saturated heterocycles. The first-order chi connectivity index (χ1) is 10.2. The fourth-order valence-corrected chi connectivity index (χ4v) is 2.88. The number of unbranched alkanes of at least 4 members (excludes halogenated alkanes) is 1. The summed E-state index contributed by atoms with van der Waals surface area (Å²) in [5, 5.41) is 0. The van der Waals surface area contributed by atoms with Gasteiger partial charge in [-0.05, 0) is 52.8 Å². The summed E-state index contributed by atoms with van der Waals surface area (Å²) in [4.78, 5) is 0. The minimum absolute atomic E-state index is 0.380. The van der Waals surface area contributed by atoms with Crippen molar-refractivity contribution in [1.29, 1.82) is 0 Å². The van der Waals surface area contributed by atoms with E-state index in [1.165, 1.54) is 0 Å². The Kier molecular flexibility index (Phi) is 28.2. The molecule has 6 heteroatoms. The molecule has 0 aliphatic carbocycles. The van der Waals surface area contributed by atoms with Crippen LogP contribution in [0.1, 0.15) is 13.8 Å². The molecule has 0 fully saturated rings. The van der Waals surface area contributed by atoms with E-state index in [0.29, 0.717) is 15.8 Å². The van der Waals surface area contributed by atoms with Gasteiger partial charge in [0.25, 0.3) is 0 Å². The normalized spacial score (nSPS) is 9.14. The Morgan fingerprint density at radius 2 is 1.14 bits per heavy atom. The van der Waals surface area contributed by atoms with E-state index in [-0.39, 0.29) is 0 Å². The Bertz CT molecular complexity index is 330. The van der Waals surface area contributed by atoms with Crippen LogP contribution in [0, 0.1) is 12.8 Å². The van der Waals surface area contributed by atoms with E-state index >= 15 is 0 Å². The van der Waals surface area contributed by atoms with Crippen molar-refractivity contribution in [2.45, 2.75) is 13.8 Å². The number of rotatable bonds is 2. The zero-order valence-corrected chi connectivity index (χ0v) is 21.3. The van der Waals surface area contributed by atoms with E-state index in [0.717, 1.165) is 5.69 Å². The molecule has 0 saturated carbocycles. The SMILES string of the molecule is CP(C)C.CP(C)C.C[CH][CH]C.[Cl][W]([Cl])=[N]c1ccccc1. The molecule has 1 rings (SSSR count). The van der Waals surface area contributed by atoms with Crippen molar-refractivity contribution in [3.8, 4) is 0 Å². The summed E-state index contributed by atoms with van der Waals surface area (Å²) in [6.07, 6.45) is 4.00. The molecule has 22 heavy (non-hydrogen) atoms. The molecule has 130 valence electrons. The summed E-state index contributed by atoms with van der Waals surface area (Å²) in [5.41, 5.74) is 0.890. The first kappa shape index (κ1) is 28.0. The van der Waals surface area contributed by atoms with Gasteiger partial charge in [-0.1, -0.05) is 13.8 Å². The van der Waals surface area contributed by atoms with Gasteiger partial charge in [-0.25, -0.2) is 0 Å². The van der Waals surface area contributed by atoms with Gasteiger partial charge in [-0.15, -0.1) is 15.8 Å². The summed E-state index contributed by atoms with van der Waals surface area (Å²) >= 11 is -2.29. The Morgan fingerprint density at radius 3 is 1.36 bits per heavy atom. The topological polar surface area (TPSA) is 12.4 Å². The first-order valence-corrected chi connectivity index (χ1v) is 20.7. The molecule has 0 unspecified atom stereocenters. The molecule has 0 aliphatic rings. The Labute approximate surface area is 155 Å². The van der Waals surface area contributed by atoms with Gasteiger partial charge < -0.3 is 0 Å². The summed E-state index contributed by atoms with van der Waals surface area (Å²) in [6, 6.07) is 9.55. The number of nitrogens with zero attached hydrogens (tertiary/aromatic N) is 1. The van der Waals surface area contributed by atoms with E-state index in [1.54, 1.807) is 0 Å². The molecular weight excluding hydrogens is 523 g/mol. The van der Waals surface area contributed by atoms with Crippen molar-refractivity contribution in [3.63, 3.8) is 0 Å². The third-order valence-electron chi connectivity index (χ3n) is 1.26. The van der Waals surface area contributed by atoms with Crippen LogP contribution in [-0.4, -0.2) is 40.0 Å². The van der Waals surface area contributed by atoms with Crippen molar-refractivity contribution in [2.75, 3.05) is 40.0 Å². The zero-order valence-electron chi connectivity index (χ0n) is 15.0. The predicted octanol–water partition coefficient (Wildman–Crippen LogP) is 7.58. The second-order valence-electron chi connectivity index (χ2n) is 4.97. The molecule has 0 spiro atoms. The number of halogens is 2. The fourth-order valence-electron chi connectivity index (χ4n) is 0.569. The van der Waals surface area contributed by atoms with Gasteiger partial charge in [-0.3, -0.25) is 0 Å². The molecule has 0 atom stereocenters. The third-order valence-corrected chi connectivity index (χ3v) is 3.65.